The van der Waals surface area contributed by atoms with Crippen LogP contribution in [0.1, 0.15) is 31.0 Å². The predicted octanol–water partition coefficient (Wildman–Crippen LogP) is 2.38. The van der Waals surface area contributed by atoms with Crippen molar-refractivity contribution in [1.29, 1.82) is 0 Å². The summed E-state index contributed by atoms with van der Waals surface area (Å²) in [6.45, 7) is 6.21. The molecule has 5 rings (SSSR count). The summed E-state index contributed by atoms with van der Waals surface area (Å²) in [6, 6.07) is 11.8. The molecule has 0 atom stereocenters. The van der Waals surface area contributed by atoms with E-state index < -0.39 is 0 Å². The van der Waals surface area contributed by atoms with Gasteiger partial charge in [-0.15, -0.1) is 0 Å². The minimum absolute atomic E-state index is 0.0204. The Balaban J connectivity index is 1.60. The van der Waals surface area contributed by atoms with Gasteiger partial charge in [0.1, 0.15) is 11.2 Å². The Morgan fingerprint density at radius 1 is 1.20 bits per heavy atom. The van der Waals surface area contributed by atoms with Gasteiger partial charge in [0.15, 0.2) is 11.5 Å². The summed E-state index contributed by atoms with van der Waals surface area (Å²) in [7, 11) is 1.87. The maximum atomic E-state index is 13.3. The van der Waals surface area contributed by atoms with Gasteiger partial charge in [0.2, 0.25) is 5.95 Å². The monoisotopic (exact) mass is 474 g/mol. The minimum Gasteiger partial charge on any atom is -0.395 e. The molecule has 0 amide bonds. The number of nitrogens with one attached hydrogen (secondary N) is 2. The van der Waals surface area contributed by atoms with Gasteiger partial charge in [-0.2, -0.15) is 4.98 Å². The van der Waals surface area contributed by atoms with Crippen molar-refractivity contribution in [3.05, 3.63) is 64.1 Å². The van der Waals surface area contributed by atoms with Crippen LogP contribution in [0.2, 0.25) is 0 Å². The highest BCUT2D eigenvalue weighted by molar-refractivity contribution is 5.77. The Hall–Kier alpha value is -3.76. The zero-order valence-electron chi connectivity index (χ0n) is 20.2. The topological polar surface area (TPSA) is 113 Å². The van der Waals surface area contributed by atoms with Crippen LogP contribution < -0.4 is 21.1 Å². The van der Waals surface area contributed by atoms with Crippen molar-refractivity contribution in [2.75, 3.05) is 37.0 Å². The van der Waals surface area contributed by atoms with Crippen LogP contribution >= 0.6 is 0 Å². The average molecular weight is 475 g/mol. The Morgan fingerprint density at radius 3 is 2.86 bits per heavy atom. The fourth-order valence-electron chi connectivity index (χ4n) is 4.44. The van der Waals surface area contributed by atoms with Gasteiger partial charge >= 0.3 is 0 Å². The molecule has 3 aromatic heterocycles. The van der Waals surface area contributed by atoms with Crippen LogP contribution in [0.3, 0.4) is 0 Å². The number of hydrogen-bond donors (Lipinski definition) is 3. The van der Waals surface area contributed by atoms with Crippen LogP contribution in [0.15, 0.2) is 47.4 Å². The molecule has 0 aliphatic carbocycles. The van der Waals surface area contributed by atoms with Crippen molar-refractivity contribution in [1.82, 2.24) is 29.6 Å². The maximum absolute atomic E-state index is 13.3. The smallest absolute Gasteiger partial charge is 0.278 e. The number of benzene rings is 1. The molecule has 35 heavy (non-hydrogen) atoms. The molecule has 4 heterocycles. The Labute approximate surface area is 203 Å². The molecular weight excluding hydrogens is 444 g/mol. The van der Waals surface area contributed by atoms with E-state index in [0.29, 0.717) is 35.2 Å². The van der Waals surface area contributed by atoms with E-state index in [0.717, 1.165) is 25.2 Å². The second-order valence-electron chi connectivity index (χ2n) is 9.02. The molecule has 1 aromatic carbocycles. The number of aliphatic hydroxyl groups is 1. The Bertz CT molecular complexity index is 1430. The quantitative estimate of drug-likeness (QED) is 0.374. The van der Waals surface area contributed by atoms with Crippen LogP contribution in [0.25, 0.3) is 16.9 Å². The van der Waals surface area contributed by atoms with E-state index in [1.165, 1.54) is 11.1 Å². The molecule has 182 valence electrons. The van der Waals surface area contributed by atoms with Gasteiger partial charge in [-0.05, 0) is 62.2 Å². The standard InChI is InChI=1S/C25H30N8O2/c1-16(2)32-24(35)20-15-27-25(28-19-8-7-17-9-10-26-14-18(17)13-19)30-23(20)33(32)22-6-4-5-21(29-22)31(3)11-12-34/h4-8,13,15-16,26,34H,9-12,14H2,1-3H3,(H,27,28,30). The minimum atomic E-state index is -0.169. The number of pyridine rings is 1. The van der Waals surface area contributed by atoms with Gasteiger partial charge in [0, 0.05) is 38.1 Å². The van der Waals surface area contributed by atoms with E-state index in [2.05, 4.69) is 27.8 Å². The van der Waals surface area contributed by atoms with E-state index >= 15 is 0 Å². The molecule has 1 aliphatic heterocycles. The van der Waals surface area contributed by atoms with Gasteiger partial charge < -0.3 is 20.6 Å². The summed E-state index contributed by atoms with van der Waals surface area (Å²) in [5, 5.41) is 16.4. The van der Waals surface area contributed by atoms with Crippen molar-refractivity contribution in [2.24, 2.45) is 0 Å². The number of hydrogen-bond acceptors (Lipinski definition) is 8. The average Bonchev–Trinajstić information content (AvgIpc) is 3.16. The fraction of sp³-hybridized carbons (Fsp3) is 0.360. The highest BCUT2D eigenvalue weighted by Crippen LogP contribution is 2.23. The zero-order chi connectivity index (χ0) is 24.5. The SMILES string of the molecule is CC(C)n1c(=O)c2cnc(Nc3ccc4c(c3)CNCC4)nc2n1-c1cccc(N(C)CCO)n1. The summed E-state index contributed by atoms with van der Waals surface area (Å²) in [5.41, 5.74) is 3.83. The van der Waals surface area contributed by atoms with Crippen LogP contribution in [-0.2, 0) is 13.0 Å². The molecule has 0 bridgehead atoms. The lowest BCUT2D eigenvalue weighted by Crippen LogP contribution is -2.26. The number of rotatable bonds is 7. The second-order valence-corrected chi connectivity index (χ2v) is 9.02. The molecule has 0 saturated heterocycles. The summed E-state index contributed by atoms with van der Waals surface area (Å²) >= 11 is 0. The second kappa shape index (κ2) is 9.47. The number of fused-ring (bicyclic) bond motifs is 2. The number of nitrogens with zero attached hydrogens (tertiary/aromatic N) is 6. The summed E-state index contributed by atoms with van der Waals surface area (Å²) < 4.78 is 3.40. The molecule has 3 N–H and O–H groups in total. The van der Waals surface area contributed by atoms with E-state index in [-0.39, 0.29) is 18.2 Å². The van der Waals surface area contributed by atoms with Gasteiger partial charge in [0.05, 0.1) is 6.61 Å². The largest absolute Gasteiger partial charge is 0.395 e. The number of aliphatic hydroxyl groups excluding tert-OH is 1. The lowest BCUT2D eigenvalue weighted by atomic mass is 10.0. The third kappa shape index (κ3) is 4.38. The van der Waals surface area contributed by atoms with Gasteiger partial charge in [-0.3, -0.25) is 4.79 Å². The molecule has 10 heteroatoms. The van der Waals surface area contributed by atoms with Crippen LogP contribution in [-0.4, -0.2) is 56.2 Å². The lowest BCUT2D eigenvalue weighted by Gasteiger charge is -2.19. The van der Waals surface area contributed by atoms with Gasteiger partial charge in [-0.25, -0.2) is 19.3 Å². The van der Waals surface area contributed by atoms with Gasteiger partial charge in [0.25, 0.3) is 5.56 Å². The van der Waals surface area contributed by atoms with Crippen LogP contribution in [0.4, 0.5) is 17.5 Å². The number of anilines is 3. The summed E-state index contributed by atoms with van der Waals surface area (Å²) in [4.78, 5) is 29.1. The highest BCUT2D eigenvalue weighted by atomic mass is 16.3. The summed E-state index contributed by atoms with van der Waals surface area (Å²) in [6.07, 6.45) is 2.59. The molecule has 0 unspecified atom stereocenters. The molecular formula is C25H30N8O2. The first-order valence-corrected chi connectivity index (χ1v) is 11.9. The van der Waals surface area contributed by atoms with Crippen molar-refractivity contribution in [2.45, 2.75) is 32.9 Å². The number of likely N-dealkylation sites (N-methyl/N-ethyl adjacent to an activating group) is 1. The molecule has 0 fully saturated rings. The van der Waals surface area contributed by atoms with Crippen LogP contribution in [0.5, 0.6) is 0 Å². The van der Waals surface area contributed by atoms with E-state index in [1.54, 1.807) is 15.6 Å². The van der Waals surface area contributed by atoms with Crippen molar-refractivity contribution in [3.63, 3.8) is 0 Å². The first kappa shape index (κ1) is 23.0. The highest BCUT2D eigenvalue weighted by Gasteiger charge is 2.21. The molecule has 0 spiro atoms. The summed E-state index contributed by atoms with van der Waals surface area (Å²) in [5.74, 6) is 1.67. The predicted molar refractivity (Wildman–Crippen MR) is 137 cm³/mol. The zero-order valence-corrected chi connectivity index (χ0v) is 20.2. The van der Waals surface area contributed by atoms with Crippen molar-refractivity contribution in [3.8, 4) is 5.82 Å². The van der Waals surface area contributed by atoms with Gasteiger partial charge in [-0.1, -0.05) is 12.1 Å². The fourth-order valence-corrected chi connectivity index (χ4v) is 4.44. The first-order valence-electron chi connectivity index (χ1n) is 11.9. The first-order chi connectivity index (χ1) is 17.0. The van der Waals surface area contributed by atoms with E-state index in [9.17, 15) is 9.90 Å². The normalized spacial score (nSPS) is 13.3. The molecule has 10 nitrogen and oxygen atoms in total. The van der Waals surface area contributed by atoms with Crippen LogP contribution in [0, 0.1) is 0 Å². The van der Waals surface area contributed by atoms with E-state index in [4.69, 9.17) is 9.97 Å². The molecule has 1 aliphatic rings. The lowest BCUT2D eigenvalue weighted by molar-refractivity contribution is 0.304. The molecule has 0 radical (unpaired) electrons. The Kier molecular flexibility index (Phi) is 6.23. The maximum Gasteiger partial charge on any atom is 0.278 e. The molecule has 0 saturated carbocycles. The van der Waals surface area contributed by atoms with E-state index in [1.807, 2.05) is 50.1 Å². The number of aromatic nitrogens is 5. The molecule has 4 aromatic rings. The third-order valence-electron chi connectivity index (χ3n) is 6.22. The Morgan fingerprint density at radius 2 is 2.06 bits per heavy atom. The third-order valence-corrected chi connectivity index (χ3v) is 6.22. The van der Waals surface area contributed by atoms with Crippen molar-refractivity contribution < 1.29 is 5.11 Å². The van der Waals surface area contributed by atoms with Crippen molar-refractivity contribution >= 4 is 28.5 Å².